The zero-order chi connectivity index (χ0) is 16.1. The Morgan fingerprint density at radius 2 is 1.95 bits per heavy atom. The van der Waals surface area contributed by atoms with Crippen molar-refractivity contribution in [2.24, 2.45) is 0 Å². The summed E-state index contributed by atoms with van der Waals surface area (Å²) in [7, 11) is 0. The van der Waals surface area contributed by atoms with E-state index < -0.39 is 6.16 Å². The first-order valence-corrected chi connectivity index (χ1v) is 7.01. The van der Waals surface area contributed by atoms with Crippen LogP contribution in [-0.2, 0) is 0 Å². The van der Waals surface area contributed by atoms with Gasteiger partial charge in [0.2, 0.25) is 0 Å². The first-order valence-electron chi connectivity index (χ1n) is 7.01. The van der Waals surface area contributed by atoms with Crippen molar-refractivity contribution in [1.29, 1.82) is 0 Å². The Morgan fingerprint density at radius 1 is 1.29 bits per heavy atom. The minimum absolute atomic E-state index is 0.163. The number of allylic oxidation sites excluding steroid dienone is 4. The van der Waals surface area contributed by atoms with Gasteiger partial charge in [-0.2, -0.15) is 0 Å². The Balaban J connectivity index is 0.000000885. The van der Waals surface area contributed by atoms with Gasteiger partial charge in [-0.3, -0.25) is 0 Å². The summed E-state index contributed by atoms with van der Waals surface area (Å²) in [6.45, 7) is 4.18. The highest BCUT2D eigenvalue weighted by atomic mass is 19.1. The van der Waals surface area contributed by atoms with Crippen molar-refractivity contribution >= 4 is 11.7 Å². The fourth-order valence-electron chi connectivity index (χ4n) is 1.79. The largest absolute Gasteiger partial charge is 0.503 e. The molecule has 0 aliphatic heterocycles. The fourth-order valence-corrected chi connectivity index (χ4v) is 1.79. The molecular weight excluding hydrogens is 271 g/mol. The van der Waals surface area contributed by atoms with Gasteiger partial charge in [0.05, 0.1) is 0 Å². The second-order valence-electron chi connectivity index (χ2n) is 4.47. The Morgan fingerprint density at radius 3 is 2.48 bits per heavy atom. The SMILES string of the molecule is C/C=C/C=C(\CCCCC)c1cccc(F)c1.O=C(O)O. The summed E-state index contributed by atoms with van der Waals surface area (Å²) in [5.74, 6) is -0.163. The van der Waals surface area contributed by atoms with Crippen LogP contribution in [0, 0.1) is 5.82 Å². The Kier molecular flexibility index (Phi) is 10.5. The van der Waals surface area contributed by atoms with Crippen LogP contribution in [-0.4, -0.2) is 16.4 Å². The van der Waals surface area contributed by atoms with Crippen molar-refractivity contribution in [2.75, 3.05) is 0 Å². The van der Waals surface area contributed by atoms with Crippen LogP contribution in [0.5, 0.6) is 0 Å². The molecule has 0 radical (unpaired) electrons. The molecule has 0 saturated heterocycles. The lowest BCUT2D eigenvalue weighted by molar-refractivity contribution is 0.137. The summed E-state index contributed by atoms with van der Waals surface area (Å²) in [5.41, 5.74) is 2.22. The molecule has 0 spiro atoms. The standard InChI is InChI=1S/C16H21F.CH2O3/c1-3-5-7-10-14(9-6-4-2)15-11-8-12-16(17)13-15;2-1(3)4/h4,6,8-9,11-13H,3,5,7,10H2,1-2H3;(H2,2,3,4)/b6-4+,14-9+;. The monoisotopic (exact) mass is 294 g/mol. The van der Waals surface area contributed by atoms with Gasteiger partial charge in [0.25, 0.3) is 0 Å². The van der Waals surface area contributed by atoms with Gasteiger partial charge in [-0.05, 0) is 43.0 Å². The molecule has 0 aromatic heterocycles. The van der Waals surface area contributed by atoms with E-state index in [0.29, 0.717) is 0 Å². The third-order valence-corrected chi connectivity index (χ3v) is 2.73. The predicted molar refractivity (Wildman–Crippen MR) is 84.0 cm³/mol. The molecule has 3 nitrogen and oxygen atoms in total. The van der Waals surface area contributed by atoms with Crippen LogP contribution in [0.4, 0.5) is 9.18 Å². The van der Waals surface area contributed by atoms with E-state index in [1.54, 1.807) is 12.1 Å². The number of hydrogen-bond acceptors (Lipinski definition) is 1. The fraction of sp³-hybridized carbons (Fsp3) is 0.353. The normalized spacial score (nSPS) is 11.1. The molecule has 0 unspecified atom stereocenters. The average Bonchev–Trinajstić information content (AvgIpc) is 2.42. The van der Waals surface area contributed by atoms with Crippen LogP contribution in [0.15, 0.2) is 42.5 Å². The van der Waals surface area contributed by atoms with E-state index in [9.17, 15) is 4.39 Å². The van der Waals surface area contributed by atoms with E-state index in [2.05, 4.69) is 13.0 Å². The van der Waals surface area contributed by atoms with Gasteiger partial charge < -0.3 is 10.2 Å². The third kappa shape index (κ3) is 10.4. The molecule has 0 fully saturated rings. The maximum absolute atomic E-state index is 13.2. The topological polar surface area (TPSA) is 57.5 Å². The van der Waals surface area contributed by atoms with Crippen molar-refractivity contribution in [3.63, 3.8) is 0 Å². The van der Waals surface area contributed by atoms with Gasteiger partial charge in [-0.25, -0.2) is 9.18 Å². The van der Waals surface area contributed by atoms with E-state index in [1.807, 2.05) is 25.1 Å². The molecule has 0 aliphatic carbocycles. The number of rotatable bonds is 6. The summed E-state index contributed by atoms with van der Waals surface area (Å²) < 4.78 is 13.2. The molecule has 1 aromatic rings. The maximum atomic E-state index is 13.2. The van der Waals surface area contributed by atoms with E-state index in [0.717, 1.165) is 18.4 Å². The number of carboxylic acid groups (broad SMARTS) is 2. The van der Waals surface area contributed by atoms with Crippen molar-refractivity contribution in [3.8, 4) is 0 Å². The van der Waals surface area contributed by atoms with Crippen LogP contribution < -0.4 is 0 Å². The second-order valence-corrected chi connectivity index (χ2v) is 4.47. The van der Waals surface area contributed by atoms with Crippen molar-refractivity contribution in [3.05, 3.63) is 53.9 Å². The lowest BCUT2D eigenvalue weighted by Gasteiger charge is -2.07. The van der Waals surface area contributed by atoms with Crippen molar-refractivity contribution in [1.82, 2.24) is 0 Å². The minimum Gasteiger partial charge on any atom is -0.450 e. The summed E-state index contributed by atoms with van der Waals surface area (Å²) in [5, 5.41) is 13.9. The zero-order valence-corrected chi connectivity index (χ0v) is 12.6. The lowest BCUT2D eigenvalue weighted by Crippen LogP contribution is -1.87. The molecule has 4 heteroatoms. The molecule has 2 N–H and O–H groups in total. The lowest BCUT2D eigenvalue weighted by atomic mass is 9.99. The Hall–Kier alpha value is -2.10. The number of halogens is 1. The molecule has 0 atom stereocenters. The van der Waals surface area contributed by atoms with Crippen LogP contribution in [0.1, 0.15) is 45.1 Å². The van der Waals surface area contributed by atoms with E-state index in [-0.39, 0.29) is 5.82 Å². The summed E-state index contributed by atoms with van der Waals surface area (Å²) in [6, 6.07) is 6.85. The molecule has 1 aromatic carbocycles. The molecule has 116 valence electrons. The van der Waals surface area contributed by atoms with Crippen LogP contribution >= 0.6 is 0 Å². The van der Waals surface area contributed by atoms with Crippen LogP contribution in [0.2, 0.25) is 0 Å². The van der Waals surface area contributed by atoms with Crippen molar-refractivity contribution in [2.45, 2.75) is 39.5 Å². The molecule has 0 bridgehead atoms. The van der Waals surface area contributed by atoms with E-state index >= 15 is 0 Å². The first kappa shape index (κ1) is 18.9. The van der Waals surface area contributed by atoms with Gasteiger partial charge in [0, 0.05) is 0 Å². The second kappa shape index (κ2) is 11.7. The summed E-state index contributed by atoms with van der Waals surface area (Å²) in [4.78, 5) is 8.56. The maximum Gasteiger partial charge on any atom is 0.503 e. The highest BCUT2D eigenvalue weighted by Gasteiger charge is 2.02. The zero-order valence-electron chi connectivity index (χ0n) is 12.6. The van der Waals surface area contributed by atoms with Gasteiger partial charge in [0.15, 0.2) is 0 Å². The minimum atomic E-state index is -1.83. The molecule has 0 amide bonds. The molecule has 21 heavy (non-hydrogen) atoms. The van der Waals surface area contributed by atoms with Crippen LogP contribution in [0.3, 0.4) is 0 Å². The molecule has 0 heterocycles. The first-order chi connectivity index (χ1) is 10.0. The average molecular weight is 294 g/mol. The van der Waals surface area contributed by atoms with Gasteiger partial charge in [-0.1, -0.05) is 50.1 Å². The highest BCUT2D eigenvalue weighted by Crippen LogP contribution is 2.22. The highest BCUT2D eigenvalue weighted by molar-refractivity contribution is 5.67. The number of carbonyl (C=O) groups is 1. The molecule has 0 saturated carbocycles. The molecule has 0 aliphatic rings. The Labute approximate surface area is 125 Å². The smallest absolute Gasteiger partial charge is 0.450 e. The number of unbranched alkanes of at least 4 members (excludes halogenated alkanes) is 2. The van der Waals surface area contributed by atoms with Gasteiger partial charge in [0.1, 0.15) is 5.82 Å². The van der Waals surface area contributed by atoms with Crippen LogP contribution in [0.25, 0.3) is 5.57 Å². The molecule has 1 rings (SSSR count). The van der Waals surface area contributed by atoms with E-state index in [1.165, 1.54) is 24.5 Å². The van der Waals surface area contributed by atoms with E-state index in [4.69, 9.17) is 15.0 Å². The predicted octanol–water partition coefficient (Wildman–Crippen LogP) is 5.59. The quantitative estimate of drug-likeness (QED) is 0.531. The number of hydrogen-bond donors (Lipinski definition) is 2. The van der Waals surface area contributed by atoms with Gasteiger partial charge >= 0.3 is 6.16 Å². The summed E-state index contributed by atoms with van der Waals surface area (Å²) >= 11 is 0. The summed E-state index contributed by atoms with van der Waals surface area (Å²) in [6.07, 6.45) is 8.89. The molecular formula is C17H23FO3. The van der Waals surface area contributed by atoms with Gasteiger partial charge in [-0.15, -0.1) is 0 Å². The van der Waals surface area contributed by atoms with Crippen molar-refractivity contribution < 1.29 is 19.4 Å². The Bertz CT molecular complexity index is 475. The third-order valence-electron chi connectivity index (χ3n) is 2.73. The number of benzene rings is 1.